The molecule has 0 aliphatic carbocycles. The lowest BCUT2D eigenvalue weighted by Gasteiger charge is -2.13. The fourth-order valence-electron chi connectivity index (χ4n) is 1.10. The Balaban J connectivity index is 0.000000561. The first kappa shape index (κ1) is 12.6. The second-order valence-electron chi connectivity index (χ2n) is 2.92. The molecule has 0 amide bonds. The van der Waals surface area contributed by atoms with Crippen molar-refractivity contribution in [2.24, 2.45) is 0 Å². The van der Waals surface area contributed by atoms with Gasteiger partial charge in [0.25, 0.3) is 0 Å². The van der Waals surface area contributed by atoms with Crippen LogP contribution < -0.4 is 0 Å². The van der Waals surface area contributed by atoms with Gasteiger partial charge in [-0.1, -0.05) is 22.6 Å². The molecule has 74 valence electrons. The zero-order valence-electron chi connectivity index (χ0n) is 8.21. The van der Waals surface area contributed by atoms with Crippen LogP contribution in [-0.2, 0) is 9.47 Å². The van der Waals surface area contributed by atoms with Crippen molar-refractivity contribution < 1.29 is 9.47 Å². The number of hydrogen-bond donors (Lipinski definition) is 0. The van der Waals surface area contributed by atoms with Gasteiger partial charge in [-0.25, -0.2) is 0 Å². The lowest BCUT2D eigenvalue weighted by Crippen LogP contribution is -2.27. The summed E-state index contributed by atoms with van der Waals surface area (Å²) < 4.78 is 10.6. The Hall–Kier alpha value is 0.610. The van der Waals surface area contributed by atoms with E-state index in [0.717, 1.165) is 13.2 Å². The van der Waals surface area contributed by atoms with Gasteiger partial charge in [0.15, 0.2) is 6.29 Å². The van der Waals surface area contributed by atoms with Gasteiger partial charge in [-0.15, -0.1) is 0 Å². The lowest BCUT2D eigenvalue weighted by molar-refractivity contribution is -0.0450. The van der Waals surface area contributed by atoms with Crippen molar-refractivity contribution in [2.75, 3.05) is 32.2 Å². The molecular formula is C8H18INO2. The van der Waals surface area contributed by atoms with Gasteiger partial charge in [0.05, 0.1) is 12.7 Å². The number of ether oxygens (including phenoxy) is 2. The summed E-state index contributed by atoms with van der Waals surface area (Å²) in [5.41, 5.74) is 0. The number of nitrogens with zero attached hydrogens (tertiary/aromatic N) is 1. The van der Waals surface area contributed by atoms with Gasteiger partial charge in [-0.3, -0.25) is 0 Å². The summed E-state index contributed by atoms with van der Waals surface area (Å²) in [7, 11) is 4.07. The predicted molar refractivity (Wildman–Crippen MR) is 58.8 cm³/mol. The molecule has 1 rings (SSSR count). The zero-order chi connectivity index (χ0) is 9.56. The van der Waals surface area contributed by atoms with Crippen molar-refractivity contribution in [2.45, 2.75) is 19.3 Å². The molecular weight excluding hydrogens is 269 g/mol. The molecule has 12 heavy (non-hydrogen) atoms. The molecule has 0 saturated carbocycles. The number of likely N-dealkylation sites (N-methyl/N-ethyl adjacent to an activating group) is 1. The van der Waals surface area contributed by atoms with E-state index in [1.807, 2.05) is 25.9 Å². The Morgan fingerprint density at radius 2 is 2.00 bits per heavy atom. The van der Waals surface area contributed by atoms with E-state index in [4.69, 9.17) is 9.47 Å². The van der Waals surface area contributed by atoms with Crippen LogP contribution in [0.2, 0.25) is 0 Å². The van der Waals surface area contributed by atoms with Crippen molar-refractivity contribution in [3.8, 4) is 0 Å². The SMILES string of the molecule is CI.C[C@H]1OC[C@@H](CN(C)C)O1. The van der Waals surface area contributed by atoms with Gasteiger partial charge in [-0.2, -0.15) is 0 Å². The van der Waals surface area contributed by atoms with Crippen LogP contribution in [0.5, 0.6) is 0 Å². The Morgan fingerprint density at radius 1 is 1.42 bits per heavy atom. The van der Waals surface area contributed by atoms with E-state index in [2.05, 4.69) is 27.5 Å². The van der Waals surface area contributed by atoms with E-state index in [1.165, 1.54) is 0 Å². The summed E-state index contributed by atoms with van der Waals surface area (Å²) in [4.78, 5) is 4.07. The maximum Gasteiger partial charge on any atom is 0.155 e. The maximum atomic E-state index is 5.41. The predicted octanol–water partition coefficient (Wildman–Crippen LogP) is 1.36. The first-order valence-corrected chi connectivity index (χ1v) is 6.14. The molecule has 0 spiro atoms. The van der Waals surface area contributed by atoms with Gasteiger partial charge in [0.2, 0.25) is 0 Å². The summed E-state index contributed by atoms with van der Waals surface area (Å²) in [6, 6.07) is 0. The standard InChI is InChI=1S/C7H15NO2.CH3I/c1-6-9-5-7(10-6)4-8(2)3;1-2/h6-7H,4-5H2,1-3H3;1H3/t6-,7+;/m0./s1. The van der Waals surface area contributed by atoms with E-state index in [9.17, 15) is 0 Å². The first-order chi connectivity index (χ1) is 5.68. The number of rotatable bonds is 2. The fourth-order valence-corrected chi connectivity index (χ4v) is 1.10. The Kier molecular flexibility index (Phi) is 7.41. The minimum Gasteiger partial charge on any atom is -0.350 e. The van der Waals surface area contributed by atoms with Crippen LogP contribution in [0.3, 0.4) is 0 Å². The molecule has 0 aromatic carbocycles. The third-order valence-electron chi connectivity index (χ3n) is 1.47. The molecule has 1 aliphatic rings. The van der Waals surface area contributed by atoms with Crippen LogP contribution in [0.1, 0.15) is 6.92 Å². The van der Waals surface area contributed by atoms with Gasteiger partial charge in [0.1, 0.15) is 0 Å². The summed E-state index contributed by atoms with van der Waals surface area (Å²) in [5, 5.41) is 0. The van der Waals surface area contributed by atoms with Crippen LogP contribution in [0.4, 0.5) is 0 Å². The minimum absolute atomic E-state index is 0.00931. The smallest absolute Gasteiger partial charge is 0.155 e. The van der Waals surface area contributed by atoms with Gasteiger partial charge in [0, 0.05) is 6.54 Å². The highest BCUT2D eigenvalue weighted by Crippen LogP contribution is 2.10. The molecule has 1 saturated heterocycles. The fraction of sp³-hybridized carbons (Fsp3) is 1.00. The second-order valence-corrected chi connectivity index (χ2v) is 2.92. The molecule has 1 heterocycles. The molecule has 0 radical (unpaired) electrons. The van der Waals surface area contributed by atoms with Crippen LogP contribution in [0.25, 0.3) is 0 Å². The Bertz CT molecular complexity index is 111. The summed E-state index contributed by atoms with van der Waals surface area (Å²) in [5.74, 6) is 0. The molecule has 1 aliphatic heterocycles. The molecule has 4 heteroatoms. The molecule has 0 unspecified atom stereocenters. The van der Waals surface area contributed by atoms with E-state index in [-0.39, 0.29) is 12.4 Å². The normalized spacial score (nSPS) is 28.5. The molecule has 3 nitrogen and oxygen atoms in total. The molecule has 1 fully saturated rings. The van der Waals surface area contributed by atoms with Crippen LogP contribution in [0.15, 0.2) is 0 Å². The van der Waals surface area contributed by atoms with Gasteiger partial charge < -0.3 is 14.4 Å². The van der Waals surface area contributed by atoms with Crippen molar-refractivity contribution >= 4 is 22.6 Å². The summed E-state index contributed by atoms with van der Waals surface area (Å²) in [6.07, 6.45) is 0.259. The minimum atomic E-state index is -0.00931. The van der Waals surface area contributed by atoms with Crippen LogP contribution in [0, 0.1) is 0 Å². The van der Waals surface area contributed by atoms with Crippen molar-refractivity contribution in [1.82, 2.24) is 4.90 Å². The monoisotopic (exact) mass is 287 g/mol. The Morgan fingerprint density at radius 3 is 2.33 bits per heavy atom. The average Bonchev–Trinajstić information content (AvgIpc) is 2.39. The molecule has 0 N–H and O–H groups in total. The van der Waals surface area contributed by atoms with Gasteiger partial charge in [-0.05, 0) is 25.9 Å². The first-order valence-electron chi connectivity index (χ1n) is 3.98. The average molecular weight is 287 g/mol. The third-order valence-corrected chi connectivity index (χ3v) is 1.47. The largest absolute Gasteiger partial charge is 0.350 e. The van der Waals surface area contributed by atoms with Crippen molar-refractivity contribution in [1.29, 1.82) is 0 Å². The third kappa shape index (κ3) is 5.29. The van der Waals surface area contributed by atoms with E-state index >= 15 is 0 Å². The van der Waals surface area contributed by atoms with Crippen LogP contribution >= 0.6 is 22.6 Å². The molecule has 0 aromatic rings. The summed E-state index contributed by atoms with van der Waals surface area (Å²) >= 11 is 2.15. The van der Waals surface area contributed by atoms with Crippen molar-refractivity contribution in [3.05, 3.63) is 0 Å². The quantitative estimate of drug-likeness (QED) is 0.565. The zero-order valence-corrected chi connectivity index (χ0v) is 10.4. The number of halogens is 1. The van der Waals surface area contributed by atoms with Crippen LogP contribution in [-0.4, -0.2) is 49.5 Å². The molecule has 0 bridgehead atoms. The molecule has 2 atom stereocenters. The van der Waals surface area contributed by atoms with E-state index < -0.39 is 0 Å². The van der Waals surface area contributed by atoms with E-state index in [0.29, 0.717) is 0 Å². The highest BCUT2D eigenvalue weighted by molar-refractivity contribution is 14.1. The van der Waals surface area contributed by atoms with E-state index in [1.54, 1.807) is 0 Å². The number of alkyl halides is 1. The summed E-state index contributed by atoms with van der Waals surface area (Å²) in [6.45, 7) is 3.61. The Labute approximate surface area is 88.5 Å². The van der Waals surface area contributed by atoms with Crippen molar-refractivity contribution in [3.63, 3.8) is 0 Å². The molecule has 0 aromatic heterocycles. The highest BCUT2D eigenvalue weighted by atomic mass is 127. The maximum absolute atomic E-state index is 5.41. The van der Waals surface area contributed by atoms with Gasteiger partial charge >= 0.3 is 0 Å². The number of hydrogen-bond acceptors (Lipinski definition) is 3. The topological polar surface area (TPSA) is 21.7 Å². The highest BCUT2D eigenvalue weighted by Gasteiger charge is 2.22. The lowest BCUT2D eigenvalue weighted by atomic mass is 10.4. The second kappa shape index (κ2) is 7.06.